The summed E-state index contributed by atoms with van der Waals surface area (Å²) in [4.78, 5) is 16.4. The quantitative estimate of drug-likeness (QED) is 0.761. The molecule has 0 aliphatic heterocycles. The van der Waals surface area contributed by atoms with Crippen LogP contribution in [-0.4, -0.2) is 22.0 Å². The second kappa shape index (κ2) is 7.04. The molecule has 5 heteroatoms. The van der Waals surface area contributed by atoms with Gasteiger partial charge in [0.15, 0.2) is 5.13 Å². The van der Waals surface area contributed by atoms with Crippen molar-refractivity contribution in [3.8, 4) is 5.13 Å². The molecule has 1 amide bonds. The molecule has 0 saturated carbocycles. The van der Waals surface area contributed by atoms with Gasteiger partial charge in [0.2, 0.25) is 5.91 Å². The summed E-state index contributed by atoms with van der Waals surface area (Å²) in [5.41, 5.74) is 2.04. The highest BCUT2D eigenvalue weighted by Crippen LogP contribution is 2.15. The van der Waals surface area contributed by atoms with Crippen molar-refractivity contribution in [1.29, 1.82) is 0 Å². The zero-order valence-corrected chi connectivity index (χ0v) is 12.9. The molecule has 3 aromatic rings. The second-order valence-corrected chi connectivity index (χ2v) is 5.81. The first-order chi connectivity index (χ1) is 10.8. The Bertz CT molecular complexity index is 719. The third-order valence-electron chi connectivity index (χ3n) is 3.29. The van der Waals surface area contributed by atoms with Crippen LogP contribution in [0.15, 0.2) is 60.2 Å². The van der Waals surface area contributed by atoms with Crippen molar-refractivity contribution < 1.29 is 4.79 Å². The third-order valence-corrected chi connectivity index (χ3v) is 4.19. The molecule has 0 spiro atoms. The molecule has 22 heavy (non-hydrogen) atoms. The fourth-order valence-corrected chi connectivity index (χ4v) is 2.97. The number of rotatable bonds is 6. The van der Waals surface area contributed by atoms with Gasteiger partial charge in [0.25, 0.3) is 0 Å². The van der Waals surface area contributed by atoms with E-state index in [9.17, 15) is 4.79 Å². The van der Waals surface area contributed by atoms with Gasteiger partial charge in [0.1, 0.15) is 0 Å². The summed E-state index contributed by atoms with van der Waals surface area (Å²) >= 11 is 1.54. The van der Waals surface area contributed by atoms with Gasteiger partial charge < -0.3 is 9.88 Å². The lowest BCUT2D eigenvalue weighted by Gasteiger charge is -2.04. The Hall–Kier alpha value is -2.40. The summed E-state index contributed by atoms with van der Waals surface area (Å²) in [5, 5.41) is 5.77. The van der Waals surface area contributed by atoms with Gasteiger partial charge in [-0.3, -0.25) is 4.79 Å². The number of benzene rings is 1. The van der Waals surface area contributed by atoms with Crippen LogP contribution in [0.5, 0.6) is 0 Å². The standard InChI is InChI=1S/C17H17N3OS/c21-16(18-9-8-14-6-2-1-3-7-14)12-15-13-22-17(19-15)20-10-4-5-11-20/h1-7,10-11,13H,8-9,12H2,(H,18,21). The van der Waals surface area contributed by atoms with E-state index >= 15 is 0 Å². The average molecular weight is 311 g/mol. The van der Waals surface area contributed by atoms with Crippen LogP contribution in [0.25, 0.3) is 5.13 Å². The first-order valence-electron chi connectivity index (χ1n) is 7.19. The van der Waals surface area contributed by atoms with Crippen molar-refractivity contribution in [2.24, 2.45) is 0 Å². The molecule has 0 atom stereocenters. The predicted octanol–water partition coefficient (Wildman–Crippen LogP) is 2.84. The third kappa shape index (κ3) is 3.83. The predicted molar refractivity (Wildman–Crippen MR) is 88.3 cm³/mol. The van der Waals surface area contributed by atoms with Crippen LogP contribution in [-0.2, 0) is 17.6 Å². The van der Waals surface area contributed by atoms with Crippen molar-refractivity contribution >= 4 is 17.2 Å². The molecule has 112 valence electrons. The fraction of sp³-hybridized carbons (Fsp3) is 0.176. The van der Waals surface area contributed by atoms with Gasteiger partial charge in [-0.05, 0) is 24.1 Å². The van der Waals surface area contributed by atoms with Gasteiger partial charge in [0, 0.05) is 24.3 Å². The maximum atomic E-state index is 11.9. The SMILES string of the molecule is O=C(Cc1csc(-n2cccc2)n1)NCCc1ccccc1. The molecule has 3 rings (SSSR count). The number of thiazole rings is 1. The minimum Gasteiger partial charge on any atom is -0.355 e. The highest BCUT2D eigenvalue weighted by molar-refractivity contribution is 7.12. The number of hydrogen-bond acceptors (Lipinski definition) is 3. The molecule has 0 fully saturated rings. The van der Waals surface area contributed by atoms with Crippen LogP contribution in [0, 0.1) is 0 Å². The average Bonchev–Trinajstić information content (AvgIpc) is 3.19. The Morgan fingerprint density at radius 1 is 1.14 bits per heavy atom. The summed E-state index contributed by atoms with van der Waals surface area (Å²) in [7, 11) is 0. The van der Waals surface area contributed by atoms with Gasteiger partial charge in [-0.15, -0.1) is 11.3 Å². The van der Waals surface area contributed by atoms with E-state index in [0.29, 0.717) is 13.0 Å². The van der Waals surface area contributed by atoms with E-state index in [-0.39, 0.29) is 5.91 Å². The first-order valence-corrected chi connectivity index (χ1v) is 8.07. The maximum Gasteiger partial charge on any atom is 0.226 e. The Kier molecular flexibility index (Phi) is 4.65. The Morgan fingerprint density at radius 2 is 1.91 bits per heavy atom. The minimum atomic E-state index is 0.0142. The van der Waals surface area contributed by atoms with Crippen LogP contribution < -0.4 is 5.32 Å². The monoisotopic (exact) mass is 311 g/mol. The molecule has 0 saturated heterocycles. The van der Waals surface area contributed by atoms with Gasteiger partial charge in [0.05, 0.1) is 12.1 Å². The molecule has 0 aliphatic rings. The normalized spacial score (nSPS) is 10.5. The topological polar surface area (TPSA) is 46.9 Å². The summed E-state index contributed by atoms with van der Waals surface area (Å²) in [6.45, 7) is 0.650. The van der Waals surface area contributed by atoms with E-state index in [4.69, 9.17) is 0 Å². The molecule has 1 N–H and O–H groups in total. The lowest BCUT2D eigenvalue weighted by Crippen LogP contribution is -2.27. The molecular weight excluding hydrogens is 294 g/mol. The van der Waals surface area contributed by atoms with Gasteiger partial charge >= 0.3 is 0 Å². The number of nitrogens with zero attached hydrogens (tertiary/aromatic N) is 2. The number of carbonyl (C=O) groups is 1. The lowest BCUT2D eigenvalue weighted by molar-refractivity contribution is -0.120. The second-order valence-electron chi connectivity index (χ2n) is 4.97. The van der Waals surface area contributed by atoms with E-state index in [0.717, 1.165) is 17.2 Å². The lowest BCUT2D eigenvalue weighted by atomic mass is 10.1. The largest absolute Gasteiger partial charge is 0.355 e. The summed E-state index contributed by atoms with van der Waals surface area (Å²) < 4.78 is 1.95. The number of amides is 1. The van der Waals surface area contributed by atoms with Crippen LogP contribution in [0.2, 0.25) is 0 Å². The number of carbonyl (C=O) groups excluding carboxylic acids is 1. The van der Waals surface area contributed by atoms with Crippen LogP contribution >= 0.6 is 11.3 Å². The Balaban J connectivity index is 1.48. The van der Waals surface area contributed by atoms with E-state index < -0.39 is 0 Å². The zero-order chi connectivity index (χ0) is 15.2. The molecular formula is C17H17N3OS. The highest BCUT2D eigenvalue weighted by atomic mass is 32.1. The maximum absolute atomic E-state index is 11.9. The summed E-state index contributed by atoms with van der Waals surface area (Å²) in [5.74, 6) is 0.0142. The molecule has 2 aromatic heterocycles. The van der Waals surface area contributed by atoms with Crippen molar-refractivity contribution in [3.05, 3.63) is 71.5 Å². The van der Waals surface area contributed by atoms with Crippen LogP contribution in [0.3, 0.4) is 0 Å². The number of hydrogen-bond donors (Lipinski definition) is 1. The van der Waals surface area contributed by atoms with Crippen molar-refractivity contribution in [1.82, 2.24) is 14.9 Å². The van der Waals surface area contributed by atoms with Crippen molar-refractivity contribution in [3.63, 3.8) is 0 Å². The highest BCUT2D eigenvalue weighted by Gasteiger charge is 2.08. The molecule has 2 heterocycles. The molecule has 0 bridgehead atoms. The molecule has 4 nitrogen and oxygen atoms in total. The molecule has 0 unspecified atom stereocenters. The summed E-state index contributed by atoms with van der Waals surface area (Å²) in [6, 6.07) is 14.1. The van der Waals surface area contributed by atoms with Gasteiger partial charge in [-0.2, -0.15) is 0 Å². The van der Waals surface area contributed by atoms with Gasteiger partial charge in [-0.1, -0.05) is 30.3 Å². The Labute approximate surface area is 133 Å². The van der Waals surface area contributed by atoms with E-state index in [2.05, 4.69) is 22.4 Å². The van der Waals surface area contributed by atoms with Crippen LogP contribution in [0.1, 0.15) is 11.3 Å². The van der Waals surface area contributed by atoms with E-state index in [1.54, 1.807) is 11.3 Å². The molecule has 0 radical (unpaired) electrons. The molecule has 1 aromatic carbocycles. The zero-order valence-electron chi connectivity index (χ0n) is 12.1. The molecule has 0 aliphatic carbocycles. The Morgan fingerprint density at radius 3 is 2.68 bits per heavy atom. The fourth-order valence-electron chi connectivity index (χ4n) is 2.18. The van der Waals surface area contributed by atoms with E-state index in [1.807, 2.05) is 52.7 Å². The minimum absolute atomic E-state index is 0.0142. The number of aromatic nitrogens is 2. The van der Waals surface area contributed by atoms with Crippen molar-refractivity contribution in [2.45, 2.75) is 12.8 Å². The summed E-state index contributed by atoms with van der Waals surface area (Å²) in [6.07, 6.45) is 5.07. The van der Waals surface area contributed by atoms with Gasteiger partial charge in [-0.25, -0.2) is 4.98 Å². The van der Waals surface area contributed by atoms with Crippen molar-refractivity contribution in [2.75, 3.05) is 6.54 Å². The first kappa shape index (κ1) is 14.5. The van der Waals surface area contributed by atoms with E-state index in [1.165, 1.54) is 5.56 Å². The number of nitrogens with one attached hydrogen (secondary N) is 1. The van der Waals surface area contributed by atoms with Crippen LogP contribution in [0.4, 0.5) is 0 Å². The smallest absolute Gasteiger partial charge is 0.226 e.